The van der Waals surface area contributed by atoms with Crippen LogP contribution in [0.3, 0.4) is 0 Å². The van der Waals surface area contributed by atoms with E-state index in [2.05, 4.69) is 10.3 Å². The summed E-state index contributed by atoms with van der Waals surface area (Å²) in [5.74, 6) is -0.119. The number of nitrogens with zero attached hydrogens (tertiary/aromatic N) is 3. The number of rotatable bonds is 8. The SMILES string of the molecule is CCN(CC)S(=O)(=O)c1ccc(C(=O)NCc2ccc(-n3ccnc3C)c(F)c2)cc1. The molecule has 164 valence electrons. The van der Waals surface area contributed by atoms with Gasteiger partial charge in [-0.2, -0.15) is 4.31 Å². The maximum Gasteiger partial charge on any atom is 0.251 e. The Morgan fingerprint density at radius 1 is 1.13 bits per heavy atom. The lowest BCUT2D eigenvalue weighted by Crippen LogP contribution is -2.30. The van der Waals surface area contributed by atoms with Crippen molar-refractivity contribution in [2.45, 2.75) is 32.2 Å². The predicted octanol–water partition coefficient (Wildman–Crippen LogP) is 3.28. The molecule has 31 heavy (non-hydrogen) atoms. The third-order valence-corrected chi connectivity index (χ3v) is 7.07. The third kappa shape index (κ3) is 4.83. The van der Waals surface area contributed by atoms with E-state index < -0.39 is 15.8 Å². The molecule has 0 unspecified atom stereocenters. The van der Waals surface area contributed by atoms with Gasteiger partial charge in [-0.3, -0.25) is 4.79 Å². The van der Waals surface area contributed by atoms with E-state index >= 15 is 0 Å². The van der Waals surface area contributed by atoms with Crippen LogP contribution in [0.4, 0.5) is 4.39 Å². The largest absolute Gasteiger partial charge is 0.348 e. The Morgan fingerprint density at radius 3 is 2.35 bits per heavy atom. The monoisotopic (exact) mass is 444 g/mol. The Kier molecular flexibility index (Phi) is 6.87. The van der Waals surface area contributed by atoms with Crippen molar-refractivity contribution in [3.8, 4) is 5.69 Å². The highest BCUT2D eigenvalue weighted by atomic mass is 32.2. The first-order valence-electron chi connectivity index (χ1n) is 9.95. The average Bonchev–Trinajstić information content (AvgIpc) is 3.18. The molecule has 1 amide bonds. The fourth-order valence-electron chi connectivity index (χ4n) is 3.26. The smallest absolute Gasteiger partial charge is 0.251 e. The molecule has 0 fully saturated rings. The van der Waals surface area contributed by atoms with Crippen LogP contribution < -0.4 is 5.32 Å². The lowest BCUT2D eigenvalue weighted by Gasteiger charge is -2.18. The minimum atomic E-state index is -3.58. The third-order valence-electron chi connectivity index (χ3n) is 5.01. The predicted molar refractivity (Wildman–Crippen MR) is 116 cm³/mol. The highest BCUT2D eigenvalue weighted by molar-refractivity contribution is 7.89. The highest BCUT2D eigenvalue weighted by Gasteiger charge is 2.21. The van der Waals surface area contributed by atoms with E-state index in [1.165, 1.54) is 34.6 Å². The van der Waals surface area contributed by atoms with Crippen molar-refractivity contribution in [2.75, 3.05) is 13.1 Å². The van der Waals surface area contributed by atoms with E-state index in [0.29, 0.717) is 35.7 Å². The fourth-order valence-corrected chi connectivity index (χ4v) is 4.72. The quantitative estimate of drug-likeness (QED) is 0.578. The normalized spacial score (nSPS) is 11.6. The first kappa shape index (κ1) is 22.6. The average molecular weight is 445 g/mol. The van der Waals surface area contributed by atoms with Crippen LogP contribution in [0, 0.1) is 12.7 Å². The minimum absolute atomic E-state index is 0.137. The number of halogens is 1. The molecule has 0 spiro atoms. The fraction of sp³-hybridized carbons (Fsp3) is 0.273. The van der Waals surface area contributed by atoms with Gasteiger partial charge in [0.25, 0.3) is 5.91 Å². The maximum absolute atomic E-state index is 14.5. The number of carbonyl (C=O) groups is 1. The molecule has 2 aromatic carbocycles. The molecule has 0 saturated heterocycles. The van der Waals surface area contributed by atoms with Crippen LogP contribution in [0.5, 0.6) is 0 Å². The molecule has 9 heteroatoms. The van der Waals surface area contributed by atoms with Gasteiger partial charge in [-0.1, -0.05) is 19.9 Å². The van der Waals surface area contributed by atoms with Gasteiger partial charge < -0.3 is 9.88 Å². The summed E-state index contributed by atoms with van der Waals surface area (Å²) in [6.45, 7) is 6.21. The van der Waals surface area contributed by atoms with Crippen molar-refractivity contribution in [3.63, 3.8) is 0 Å². The summed E-state index contributed by atoms with van der Waals surface area (Å²) in [5.41, 5.74) is 1.31. The lowest BCUT2D eigenvalue weighted by molar-refractivity contribution is 0.0950. The molecule has 0 saturated carbocycles. The molecule has 3 aromatic rings. The minimum Gasteiger partial charge on any atom is -0.348 e. The summed E-state index contributed by atoms with van der Waals surface area (Å²) in [5, 5.41) is 2.73. The van der Waals surface area contributed by atoms with Crippen molar-refractivity contribution in [1.82, 2.24) is 19.2 Å². The molecule has 1 N–H and O–H groups in total. The molecule has 0 aliphatic heterocycles. The maximum atomic E-state index is 14.5. The number of aromatic nitrogens is 2. The molecular formula is C22H25FN4O3S. The zero-order valence-electron chi connectivity index (χ0n) is 17.7. The second kappa shape index (κ2) is 9.40. The van der Waals surface area contributed by atoms with Crippen molar-refractivity contribution >= 4 is 15.9 Å². The molecule has 0 radical (unpaired) electrons. The lowest BCUT2D eigenvalue weighted by atomic mass is 10.1. The molecule has 0 aliphatic carbocycles. The summed E-state index contributed by atoms with van der Waals surface area (Å²) in [6.07, 6.45) is 3.28. The van der Waals surface area contributed by atoms with Gasteiger partial charge in [0, 0.05) is 37.6 Å². The second-order valence-corrected chi connectivity index (χ2v) is 8.86. The van der Waals surface area contributed by atoms with Crippen molar-refractivity contribution in [1.29, 1.82) is 0 Å². The zero-order chi connectivity index (χ0) is 22.6. The van der Waals surface area contributed by atoms with E-state index in [-0.39, 0.29) is 17.3 Å². The number of carbonyl (C=O) groups excluding carboxylic acids is 1. The molecule has 1 aromatic heterocycles. The van der Waals surface area contributed by atoms with Crippen LogP contribution in [-0.2, 0) is 16.6 Å². The molecule has 3 rings (SSSR count). The Hall–Kier alpha value is -3.04. The Labute approximate surface area is 181 Å². The summed E-state index contributed by atoms with van der Waals surface area (Å²) >= 11 is 0. The van der Waals surface area contributed by atoms with E-state index in [9.17, 15) is 17.6 Å². The van der Waals surface area contributed by atoms with E-state index in [4.69, 9.17) is 0 Å². The molecule has 0 atom stereocenters. The van der Waals surface area contributed by atoms with Gasteiger partial charge >= 0.3 is 0 Å². The van der Waals surface area contributed by atoms with Crippen LogP contribution in [-0.4, -0.2) is 41.3 Å². The van der Waals surface area contributed by atoms with Gasteiger partial charge in [-0.25, -0.2) is 17.8 Å². The number of sulfonamides is 1. The second-order valence-electron chi connectivity index (χ2n) is 6.93. The van der Waals surface area contributed by atoms with Crippen LogP contribution in [0.1, 0.15) is 35.6 Å². The van der Waals surface area contributed by atoms with Gasteiger partial charge in [0.2, 0.25) is 10.0 Å². The Balaban J connectivity index is 1.67. The molecule has 7 nitrogen and oxygen atoms in total. The zero-order valence-corrected chi connectivity index (χ0v) is 18.5. The number of imidazole rings is 1. The number of nitrogens with one attached hydrogen (secondary N) is 1. The standard InChI is InChI=1S/C22H25FN4O3S/c1-4-26(5-2)31(29,30)19-9-7-18(8-10-19)22(28)25-15-17-6-11-21(20(23)14-17)27-13-12-24-16(27)3/h6-14H,4-5,15H2,1-3H3,(H,25,28). The first-order valence-corrected chi connectivity index (χ1v) is 11.4. The summed E-state index contributed by atoms with van der Waals surface area (Å²) in [6, 6.07) is 10.5. The van der Waals surface area contributed by atoms with Gasteiger partial charge in [0.1, 0.15) is 11.6 Å². The Morgan fingerprint density at radius 2 is 1.81 bits per heavy atom. The van der Waals surface area contributed by atoms with Gasteiger partial charge in [0.15, 0.2) is 0 Å². The van der Waals surface area contributed by atoms with Gasteiger partial charge in [-0.05, 0) is 48.9 Å². The van der Waals surface area contributed by atoms with Crippen molar-refractivity contribution in [3.05, 3.63) is 77.6 Å². The van der Waals surface area contributed by atoms with Crippen molar-refractivity contribution in [2.24, 2.45) is 0 Å². The van der Waals surface area contributed by atoms with Crippen LogP contribution >= 0.6 is 0 Å². The number of benzene rings is 2. The van der Waals surface area contributed by atoms with E-state index in [1.54, 1.807) is 49.9 Å². The van der Waals surface area contributed by atoms with Crippen LogP contribution in [0.25, 0.3) is 5.69 Å². The first-order chi connectivity index (χ1) is 14.8. The number of amides is 1. The molecular weight excluding hydrogens is 419 g/mol. The van der Waals surface area contributed by atoms with Gasteiger partial charge in [0.05, 0.1) is 10.6 Å². The summed E-state index contributed by atoms with van der Waals surface area (Å²) in [4.78, 5) is 16.7. The molecule has 0 bridgehead atoms. The number of hydrogen-bond acceptors (Lipinski definition) is 4. The van der Waals surface area contributed by atoms with Crippen LogP contribution in [0.2, 0.25) is 0 Å². The van der Waals surface area contributed by atoms with Crippen LogP contribution in [0.15, 0.2) is 59.8 Å². The molecule has 0 aliphatic rings. The Bertz CT molecular complexity index is 1170. The van der Waals surface area contributed by atoms with E-state index in [1.807, 2.05) is 0 Å². The summed E-state index contributed by atoms with van der Waals surface area (Å²) in [7, 11) is -3.58. The van der Waals surface area contributed by atoms with Crippen molar-refractivity contribution < 1.29 is 17.6 Å². The van der Waals surface area contributed by atoms with E-state index in [0.717, 1.165) is 0 Å². The number of hydrogen-bond donors (Lipinski definition) is 1. The number of aryl methyl sites for hydroxylation is 1. The molecule has 1 heterocycles. The summed E-state index contributed by atoms with van der Waals surface area (Å²) < 4.78 is 42.6. The van der Waals surface area contributed by atoms with Gasteiger partial charge in [-0.15, -0.1) is 0 Å². The topological polar surface area (TPSA) is 84.3 Å². The highest BCUT2D eigenvalue weighted by Crippen LogP contribution is 2.18.